The van der Waals surface area contributed by atoms with Gasteiger partial charge in [-0.2, -0.15) is 18.2 Å². The van der Waals surface area contributed by atoms with Crippen molar-refractivity contribution < 1.29 is 22.7 Å². The van der Waals surface area contributed by atoms with Crippen LogP contribution in [0.25, 0.3) is 0 Å². The molecule has 1 saturated carbocycles. The highest BCUT2D eigenvalue weighted by molar-refractivity contribution is 5.90. The number of halogens is 3. The van der Waals surface area contributed by atoms with Crippen molar-refractivity contribution in [3.63, 3.8) is 0 Å². The number of H-pyrrole nitrogens is 1. The quantitative estimate of drug-likeness (QED) is 0.894. The zero-order valence-electron chi connectivity index (χ0n) is 10.8. The fourth-order valence-corrected chi connectivity index (χ4v) is 2.30. The highest BCUT2D eigenvalue weighted by Crippen LogP contribution is 2.39. The van der Waals surface area contributed by atoms with E-state index in [1.165, 1.54) is 7.11 Å². The van der Waals surface area contributed by atoms with E-state index in [0.29, 0.717) is 0 Å². The van der Waals surface area contributed by atoms with E-state index in [0.717, 1.165) is 0 Å². The molecule has 112 valence electrons. The summed E-state index contributed by atoms with van der Waals surface area (Å²) < 4.78 is 42.3. The number of amides is 1. The van der Waals surface area contributed by atoms with Gasteiger partial charge in [-0.15, -0.1) is 5.10 Å². The van der Waals surface area contributed by atoms with Crippen LogP contribution in [0.2, 0.25) is 0 Å². The number of nitrogens with zero attached hydrogens (tertiary/aromatic N) is 2. The summed E-state index contributed by atoms with van der Waals surface area (Å²) in [5.74, 6) is -1.93. The molecular weight excluding hydrogens is 277 g/mol. The highest BCUT2D eigenvalue weighted by Gasteiger charge is 2.42. The SMILES string of the molecule is COc1n[nH]c(NC(=O)C2CCC(C(F)(F)F)CC2)n1. The number of hydrogen-bond acceptors (Lipinski definition) is 4. The molecule has 1 aromatic rings. The van der Waals surface area contributed by atoms with Crippen LogP contribution in [0.4, 0.5) is 19.1 Å². The number of rotatable bonds is 3. The zero-order valence-corrected chi connectivity index (χ0v) is 10.8. The number of nitrogens with one attached hydrogen (secondary N) is 2. The Bertz CT molecular complexity index is 466. The van der Waals surface area contributed by atoms with Gasteiger partial charge in [0, 0.05) is 5.92 Å². The Morgan fingerprint density at radius 3 is 2.50 bits per heavy atom. The van der Waals surface area contributed by atoms with Gasteiger partial charge in [-0.1, -0.05) is 0 Å². The van der Waals surface area contributed by atoms with E-state index >= 15 is 0 Å². The molecule has 9 heteroatoms. The fourth-order valence-electron chi connectivity index (χ4n) is 2.30. The molecule has 0 radical (unpaired) electrons. The van der Waals surface area contributed by atoms with Crippen molar-refractivity contribution in [3.8, 4) is 6.01 Å². The van der Waals surface area contributed by atoms with Crippen molar-refractivity contribution in [3.05, 3.63) is 0 Å². The van der Waals surface area contributed by atoms with Gasteiger partial charge in [0.25, 0.3) is 0 Å². The Morgan fingerprint density at radius 2 is 2.00 bits per heavy atom. The number of methoxy groups -OCH3 is 1. The van der Waals surface area contributed by atoms with Crippen molar-refractivity contribution in [1.82, 2.24) is 15.2 Å². The van der Waals surface area contributed by atoms with Crippen LogP contribution in [0.1, 0.15) is 25.7 Å². The average Bonchev–Trinajstić information content (AvgIpc) is 2.85. The lowest BCUT2D eigenvalue weighted by Crippen LogP contribution is -2.32. The molecule has 0 aromatic carbocycles. The van der Waals surface area contributed by atoms with Crippen molar-refractivity contribution in [1.29, 1.82) is 0 Å². The van der Waals surface area contributed by atoms with E-state index in [9.17, 15) is 18.0 Å². The minimum atomic E-state index is -4.17. The van der Waals surface area contributed by atoms with Crippen LogP contribution in [-0.2, 0) is 4.79 Å². The number of anilines is 1. The van der Waals surface area contributed by atoms with Gasteiger partial charge in [0.2, 0.25) is 11.9 Å². The molecule has 1 heterocycles. The van der Waals surface area contributed by atoms with Gasteiger partial charge in [-0.05, 0) is 25.7 Å². The minimum absolute atomic E-state index is 0.0126. The van der Waals surface area contributed by atoms with E-state index < -0.39 is 18.0 Å². The predicted octanol–water partition coefficient (Wildman–Crippen LogP) is 2.12. The lowest BCUT2D eigenvalue weighted by Gasteiger charge is -2.28. The fraction of sp³-hybridized carbons (Fsp3) is 0.727. The van der Waals surface area contributed by atoms with Crippen molar-refractivity contribution in [2.75, 3.05) is 12.4 Å². The predicted molar refractivity (Wildman–Crippen MR) is 63.1 cm³/mol. The van der Waals surface area contributed by atoms with Gasteiger partial charge in [-0.3, -0.25) is 10.1 Å². The normalized spacial score (nSPS) is 23.4. The molecule has 1 aliphatic rings. The Labute approximate surface area is 113 Å². The molecule has 1 fully saturated rings. The number of carbonyl (C=O) groups is 1. The van der Waals surface area contributed by atoms with Crippen LogP contribution in [0.15, 0.2) is 0 Å². The maximum absolute atomic E-state index is 12.5. The molecule has 0 spiro atoms. The second kappa shape index (κ2) is 5.68. The Hall–Kier alpha value is -1.80. The Balaban J connectivity index is 1.86. The summed E-state index contributed by atoms with van der Waals surface area (Å²) >= 11 is 0. The number of carbonyl (C=O) groups excluding carboxylic acids is 1. The summed E-state index contributed by atoms with van der Waals surface area (Å²) in [4.78, 5) is 15.7. The summed E-state index contributed by atoms with van der Waals surface area (Å²) in [6.07, 6.45) is -3.75. The molecule has 0 saturated heterocycles. The number of aromatic amines is 1. The molecule has 1 aliphatic carbocycles. The Kier molecular flexibility index (Phi) is 4.15. The third-order valence-corrected chi connectivity index (χ3v) is 3.45. The second-order valence-electron chi connectivity index (χ2n) is 4.75. The summed E-state index contributed by atoms with van der Waals surface area (Å²) in [6, 6.07) is 0.0843. The molecule has 0 aliphatic heterocycles. The maximum atomic E-state index is 12.5. The average molecular weight is 292 g/mol. The first-order chi connectivity index (χ1) is 9.40. The Morgan fingerprint density at radius 1 is 1.35 bits per heavy atom. The second-order valence-corrected chi connectivity index (χ2v) is 4.75. The standard InChI is InChI=1S/C11H15F3N4O2/c1-20-10-16-9(17-18-10)15-8(19)6-2-4-7(5-3-6)11(12,13)14/h6-7H,2-5H2,1H3,(H2,15,16,17,18,19). The van der Waals surface area contributed by atoms with E-state index in [1.807, 2.05) is 0 Å². The third kappa shape index (κ3) is 3.40. The van der Waals surface area contributed by atoms with Crippen LogP contribution in [0.3, 0.4) is 0 Å². The lowest BCUT2D eigenvalue weighted by atomic mass is 9.81. The summed E-state index contributed by atoms with van der Waals surface area (Å²) in [5, 5.41) is 8.61. The van der Waals surface area contributed by atoms with Crippen molar-refractivity contribution in [2.45, 2.75) is 31.9 Å². The third-order valence-electron chi connectivity index (χ3n) is 3.45. The van der Waals surface area contributed by atoms with Gasteiger partial charge in [0.05, 0.1) is 13.0 Å². The van der Waals surface area contributed by atoms with Crippen molar-refractivity contribution in [2.24, 2.45) is 11.8 Å². The van der Waals surface area contributed by atoms with Gasteiger partial charge in [-0.25, -0.2) is 5.10 Å². The van der Waals surface area contributed by atoms with Crippen LogP contribution >= 0.6 is 0 Å². The van der Waals surface area contributed by atoms with Crippen LogP contribution in [0.5, 0.6) is 6.01 Å². The van der Waals surface area contributed by atoms with Gasteiger partial charge < -0.3 is 4.74 Å². The summed E-state index contributed by atoms with van der Waals surface area (Å²) in [7, 11) is 1.38. The van der Waals surface area contributed by atoms with E-state index in [-0.39, 0.29) is 43.5 Å². The number of hydrogen-bond donors (Lipinski definition) is 2. The maximum Gasteiger partial charge on any atom is 0.391 e. The number of alkyl halides is 3. The molecule has 1 aromatic heterocycles. The number of aromatic nitrogens is 3. The molecule has 1 amide bonds. The first-order valence-corrected chi connectivity index (χ1v) is 6.24. The van der Waals surface area contributed by atoms with E-state index in [1.54, 1.807) is 0 Å². The van der Waals surface area contributed by atoms with Crippen LogP contribution in [-0.4, -0.2) is 34.4 Å². The molecule has 2 N–H and O–H groups in total. The molecule has 2 rings (SSSR count). The van der Waals surface area contributed by atoms with Gasteiger partial charge >= 0.3 is 12.2 Å². The van der Waals surface area contributed by atoms with E-state index in [4.69, 9.17) is 4.74 Å². The zero-order chi connectivity index (χ0) is 14.8. The van der Waals surface area contributed by atoms with Crippen LogP contribution < -0.4 is 10.1 Å². The molecule has 0 bridgehead atoms. The smallest absolute Gasteiger partial charge is 0.391 e. The van der Waals surface area contributed by atoms with E-state index in [2.05, 4.69) is 20.5 Å². The largest absolute Gasteiger partial charge is 0.466 e. The highest BCUT2D eigenvalue weighted by atomic mass is 19.4. The number of ether oxygens (including phenoxy) is 1. The molecule has 20 heavy (non-hydrogen) atoms. The summed E-state index contributed by atoms with van der Waals surface area (Å²) in [5.41, 5.74) is 0. The van der Waals surface area contributed by atoms with Gasteiger partial charge in [0.15, 0.2) is 0 Å². The van der Waals surface area contributed by atoms with Crippen LogP contribution in [0, 0.1) is 11.8 Å². The summed E-state index contributed by atoms with van der Waals surface area (Å²) in [6.45, 7) is 0. The molecule has 0 atom stereocenters. The first kappa shape index (κ1) is 14.6. The monoisotopic (exact) mass is 292 g/mol. The molecule has 0 unspecified atom stereocenters. The lowest BCUT2D eigenvalue weighted by molar-refractivity contribution is -0.184. The topological polar surface area (TPSA) is 79.9 Å². The first-order valence-electron chi connectivity index (χ1n) is 6.24. The van der Waals surface area contributed by atoms with Crippen molar-refractivity contribution >= 4 is 11.9 Å². The minimum Gasteiger partial charge on any atom is -0.466 e. The molecule has 6 nitrogen and oxygen atoms in total. The van der Waals surface area contributed by atoms with Gasteiger partial charge in [0.1, 0.15) is 0 Å². The molecular formula is C11H15F3N4O2.